The zero-order chi connectivity index (χ0) is 29.1. The van der Waals surface area contributed by atoms with E-state index in [1.54, 1.807) is 13.0 Å². The molecule has 0 amide bonds. The van der Waals surface area contributed by atoms with Crippen LogP contribution in [0.5, 0.6) is 5.75 Å². The van der Waals surface area contributed by atoms with Gasteiger partial charge in [0.25, 0.3) is 0 Å². The second kappa shape index (κ2) is 15.7. The summed E-state index contributed by atoms with van der Waals surface area (Å²) in [5, 5.41) is 0. The zero-order valence-corrected chi connectivity index (χ0v) is 27.0. The summed E-state index contributed by atoms with van der Waals surface area (Å²) in [7, 11) is 0. The minimum absolute atomic E-state index is 0.0805. The second-order valence-electron chi connectivity index (χ2n) is 8.89. The minimum Gasteiger partial charge on any atom is -0.426 e. The van der Waals surface area contributed by atoms with Crippen LogP contribution in [-0.2, 0) is 17.8 Å². The van der Waals surface area contributed by atoms with Crippen LogP contribution in [-0.4, -0.2) is 39.7 Å². The van der Waals surface area contributed by atoms with E-state index >= 15 is 0 Å². The predicted molar refractivity (Wildman–Crippen MR) is 166 cm³/mol. The molecule has 1 aliphatic heterocycles. The van der Waals surface area contributed by atoms with Crippen molar-refractivity contribution in [3.8, 4) is 5.75 Å². The van der Waals surface area contributed by atoms with Crippen molar-refractivity contribution in [3.63, 3.8) is 0 Å². The number of imidazole rings is 1. The highest BCUT2D eigenvalue weighted by molar-refractivity contribution is 9.10. The van der Waals surface area contributed by atoms with Gasteiger partial charge in [-0.2, -0.15) is 0 Å². The smallest absolute Gasteiger partial charge is 0.308 e. The van der Waals surface area contributed by atoms with E-state index in [2.05, 4.69) is 57.8 Å². The van der Waals surface area contributed by atoms with E-state index in [4.69, 9.17) is 14.7 Å². The van der Waals surface area contributed by atoms with Gasteiger partial charge in [0.2, 0.25) is 0 Å². The molecule has 1 aromatic heterocycles. The first-order valence-electron chi connectivity index (χ1n) is 13.2. The van der Waals surface area contributed by atoms with Crippen molar-refractivity contribution >= 4 is 55.3 Å². The number of rotatable bonds is 7. The van der Waals surface area contributed by atoms with Crippen LogP contribution in [0.4, 0.5) is 5.82 Å². The molecule has 0 saturated heterocycles. The Labute approximate surface area is 248 Å². The number of halogens is 2. The predicted octanol–water partition coefficient (Wildman–Crippen LogP) is 7.88. The van der Waals surface area contributed by atoms with Crippen LogP contribution in [0.1, 0.15) is 76.5 Å². The molecule has 0 bridgehead atoms. The van der Waals surface area contributed by atoms with E-state index in [1.165, 1.54) is 18.9 Å². The SMILES string of the molecule is CC.CC(=O)Oc1ccc(Cn2c(Br)nc(N3C[C@@H](Cc4ccccc4)N=C3C)c2C(C)=O)cc1Br.CCC. The number of Topliss-reactive ketones (excluding diaryl/α,β-unsaturated/α-hetero) is 1. The molecule has 1 atom stereocenters. The van der Waals surface area contributed by atoms with E-state index < -0.39 is 0 Å². The number of ketones is 1. The van der Waals surface area contributed by atoms with Crippen LogP contribution in [0.3, 0.4) is 0 Å². The Balaban J connectivity index is 0.000000998. The van der Waals surface area contributed by atoms with E-state index in [0.29, 0.717) is 39.6 Å². The number of carbonyl (C=O) groups is 2. The summed E-state index contributed by atoms with van der Waals surface area (Å²) >= 11 is 7.00. The fourth-order valence-electron chi connectivity index (χ4n) is 4.11. The lowest BCUT2D eigenvalue weighted by molar-refractivity contribution is -0.131. The first-order valence-corrected chi connectivity index (χ1v) is 14.8. The van der Waals surface area contributed by atoms with Crippen molar-refractivity contribution in [2.24, 2.45) is 4.99 Å². The molecule has 0 spiro atoms. The number of aliphatic imine (C=N–C) groups is 1. The van der Waals surface area contributed by atoms with Gasteiger partial charge < -0.3 is 14.2 Å². The first-order chi connectivity index (χ1) is 18.6. The van der Waals surface area contributed by atoms with Crippen LogP contribution < -0.4 is 9.64 Å². The van der Waals surface area contributed by atoms with E-state index in [-0.39, 0.29) is 17.8 Å². The second-order valence-corrected chi connectivity index (χ2v) is 10.5. The molecule has 0 radical (unpaired) electrons. The Morgan fingerprint density at radius 1 is 1.03 bits per heavy atom. The molecule has 4 rings (SSSR count). The number of hydrogen-bond acceptors (Lipinski definition) is 6. The Kier molecular flexibility index (Phi) is 13.1. The van der Waals surface area contributed by atoms with E-state index in [1.807, 2.05) is 60.6 Å². The third kappa shape index (κ3) is 8.86. The average Bonchev–Trinajstić information content (AvgIpc) is 3.41. The highest BCUT2D eigenvalue weighted by Crippen LogP contribution is 2.31. The lowest BCUT2D eigenvalue weighted by Gasteiger charge is -2.18. The molecular formula is C30H38Br2N4O3. The van der Waals surface area contributed by atoms with Gasteiger partial charge in [-0.1, -0.05) is 70.5 Å². The number of amidine groups is 1. The van der Waals surface area contributed by atoms with Gasteiger partial charge in [-0.15, -0.1) is 0 Å². The van der Waals surface area contributed by atoms with Crippen LogP contribution in [0.2, 0.25) is 0 Å². The quantitative estimate of drug-likeness (QED) is 0.146. The summed E-state index contributed by atoms with van der Waals surface area (Å²) in [6, 6.07) is 15.8. The standard InChI is InChI=1S/C25H24Br2N4O3.C3H8.C2H6/c1-15(32)23-24(30-14-20(28-16(30)2)11-18-7-5-4-6-8-18)29-25(27)31(23)13-19-9-10-22(21(26)12-19)34-17(3)33;1-3-2;1-2/h4-10,12,20H,11,13-14H2,1-3H3;3H2,1-2H3;1-2H3/t20-;;/m1../s1. The van der Waals surface area contributed by atoms with Crippen molar-refractivity contribution in [3.05, 3.63) is 74.6 Å². The Hall–Kier alpha value is -2.78. The molecule has 2 aromatic carbocycles. The fourth-order valence-corrected chi connectivity index (χ4v) is 5.09. The summed E-state index contributed by atoms with van der Waals surface area (Å²) in [6.07, 6.45) is 2.08. The van der Waals surface area contributed by atoms with E-state index in [0.717, 1.165) is 17.8 Å². The van der Waals surface area contributed by atoms with Gasteiger partial charge in [0, 0.05) is 20.4 Å². The third-order valence-corrected chi connectivity index (χ3v) is 6.78. The van der Waals surface area contributed by atoms with Gasteiger partial charge in [0.1, 0.15) is 17.3 Å². The lowest BCUT2D eigenvalue weighted by Crippen LogP contribution is -2.30. The van der Waals surface area contributed by atoms with Gasteiger partial charge >= 0.3 is 5.97 Å². The number of nitrogens with zero attached hydrogens (tertiary/aromatic N) is 4. The maximum atomic E-state index is 12.8. The molecule has 1 aliphatic rings. The highest BCUT2D eigenvalue weighted by Gasteiger charge is 2.31. The van der Waals surface area contributed by atoms with Crippen molar-refractivity contribution in [2.75, 3.05) is 11.4 Å². The molecule has 0 fully saturated rings. The van der Waals surface area contributed by atoms with Gasteiger partial charge in [-0.05, 0) is 68.5 Å². The van der Waals surface area contributed by atoms with Crippen LogP contribution in [0.15, 0.2) is 62.7 Å². The summed E-state index contributed by atoms with van der Waals surface area (Å²) in [6.45, 7) is 14.2. The molecule has 3 aromatic rings. The molecule has 7 nitrogen and oxygen atoms in total. The molecule has 0 aliphatic carbocycles. The number of anilines is 1. The number of hydrogen-bond donors (Lipinski definition) is 0. The maximum Gasteiger partial charge on any atom is 0.308 e. The molecule has 2 heterocycles. The van der Waals surface area contributed by atoms with Crippen LogP contribution in [0, 0.1) is 0 Å². The van der Waals surface area contributed by atoms with Crippen LogP contribution in [0.25, 0.3) is 0 Å². The number of aromatic nitrogens is 2. The Bertz CT molecular complexity index is 1290. The summed E-state index contributed by atoms with van der Waals surface area (Å²) in [5.41, 5.74) is 2.66. The van der Waals surface area contributed by atoms with Crippen LogP contribution >= 0.6 is 31.9 Å². The lowest BCUT2D eigenvalue weighted by atomic mass is 10.1. The van der Waals surface area contributed by atoms with E-state index in [9.17, 15) is 9.59 Å². The summed E-state index contributed by atoms with van der Waals surface area (Å²) < 4.78 is 8.26. The maximum absolute atomic E-state index is 12.8. The van der Waals surface area contributed by atoms with Gasteiger partial charge in [0.05, 0.1) is 17.1 Å². The Morgan fingerprint density at radius 3 is 2.23 bits per heavy atom. The number of esters is 1. The van der Waals surface area contributed by atoms with Gasteiger partial charge in [-0.3, -0.25) is 14.6 Å². The number of ether oxygens (including phenoxy) is 1. The van der Waals surface area contributed by atoms with Crippen molar-refractivity contribution in [1.82, 2.24) is 9.55 Å². The minimum atomic E-state index is -0.387. The van der Waals surface area contributed by atoms with Gasteiger partial charge in [-0.25, -0.2) is 4.98 Å². The van der Waals surface area contributed by atoms with Gasteiger partial charge in [0.15, 0.2) is 16.3 Å². The topological polar surface area (TPSA) is 76.8 Å². The summed E-state index contributed by atoms with van der Waals surface area (Å²) in [5.74, 6) is 1.42. The largest absolute Gasteiger partial charge is 0.426 e. The Morgan fingerprint density at radius 2 is 1.67 bits per heavy atom. The molecule has 39 heavy (non-hydrogen) atoms. The monoisotopic (exact) mass is 660 g/mol. The molecule has 9 heteroatoms. The number of carbonyl (C=O) groups excluding carboxylic acids is 2. The molecule has 210 valence electrons. The fraction of sp³-hybridized carbons (Fsp3) is 0.400. The van der Waals surface area contributed by atoms with Crippen molar-refractivity contribution in [1.29, 1.82) is 0 Å². The van der Waals surface area contributed by atoms with Crippen molar-refractivity contribution in [2.45, 2.75) is 73.9 Å². The summed E-state index contributed by atoms with van der Waals surface area (Å²) in [4.78, 5) is 35.6. The molecule has 0 unspecified atom stereocenters. The third-order valence-electron chi connectivity index (χ3n) is 5.55. The molecule has 0 N–H and O–H groups in total. The van der Waals surface area contributed by atoms with Crippen molar-refractivity contribution < 1.29 is 14.3 Å². The average molecular weight is 662 g/mol. The zero-order valence-electron chi connectivity index (χ0n) is 23.8. The molecular weight excluding hydrogens is 624 g/mol. The molecule has 0 saturated carbocycles. The highest BCUT2D eigenvalue weighted by atomic mass is 79.9. The number of benzene rings is 2. The first kappa shape index (κ1) is 32.4. The normalized spacial score (nSPS) is 14.0.